The van der Waals surface area contributed by atoms with E-state index in [0.29, 0.717) is 19.0 Å². The van der Waals surface area contributed by atoms with Crippen molar-refractivity contribution in [2.75, 3.05) is 45.9 Å². The van der Waals surface area contributed by atoms with E-state index < -0.39 is 28.3 Å². The Morgan fingerprint density at radius 1 is 0.935 bits per heavy atom. The van der Waals surface area contributed by atoms with Crippen molar-refractivity contribution in [1.82, 2.24) is 19.8 Å². The summed E-state index contributed by atoms with van der Waals surface area (Å²) in [5.41, 5.74) is 0. The fourth-order valence-corrected chi connectivity index (χ4v) is 7.37. The first-order valence-corrected chi connectivity index (χ1v) is 13.7. The van der Waals surface area contributed by atoms with E-state index in [4.69, 9.17) is 4.74 Å². The van der Waals surface area contributed by atoms with Gasteiger partial charge >= 0.3 is 0 Å². The van der Waals surface area contributed by atoms with Gasteiger partial charge in [-0.15, -0.1) is 0 Å². The molecule has 1 aliphatic carbocycles. The third-order valence-corrected chi connectivity index (χ3v) is 9.53. The Labute approximate surface area is 186 Å². The van der Waals surface area contributed by atoms with Crippen LogP contribution in [-0.4, -0.2) is 110 Å². The van der Waals surface area contributed by atoms with Gasteiger partial charge < -0.3 is 20.3 Å². The predicted molar refractivity (Wildman–Crippen MR) is 118 cm³/mol. The zero-order valence-electron chi connectivity index (χ0n) is 18.5. The van der Waals surface area contributed by atoms with Crippen LogP contribution in [0, 0.1) is 0 Å². The minimum atomic E-state index is -3.40. The van der Waals surface area contributed by atoms with Crippen molar-refractivity contribution in [3.63, 3.8) is 0 Å². The summed E-state index contributed by atoms with van der Waals surface area (Å²) in [6.07, 6.45) is 6.58. The Balaban J connectivity index is 1.35. The summed E-state index contributed by atoms with van der Waals surface area (Å²) in [4.78, 5) is 4.70. The second-order valence-corrected chi connectivity index (χ2v) is 11.6. The number of piperazine rings is 1. The van der Waals surface area contributed by atoms with Gasteiger partial charge in [-0.3, -0.25) is 9.80 Å². The van der Waals surface area contributed by atoms with Crippen LogP contribution in [-0.2, 0) is 14.8 Å². The monoisotopic (exact) mass is 460 g/mol. The van der Waals surface area contributed by atoms with Crippen molar-refractivity contribution in [3.8, 4) is 0 Å². The van der Waals surface area contributed by atoms with Crippen LogP contribution in [0.25, 0.3) is 0 Å². The smallest absolute Gasteiger partial charge is 0.214 e. The number of aliphatic hydroxyl groups is 2. The van der Waals surface area contributed by atoms with Crippen LogP contribution in [0.4, 0.5) is 0 Å². The van der Waals surface area contributed by atoms with Crippen LogP contribution in [0.3, 0.4) is 0 Å². The third-order valence-electron chi connectivity index (χ3n) is 7.61. The summed E-state index contributed by atoms with van der Waals surface area (Å²) in [7, 11) is -3.40. The fraction of sp³-hybridized carbons (Fsp3) is 1.00. The van der Waals surface area contributed by atoms with Gasteiger partial charge in [0.1, 0.15) is 12.2 Å². The molecule has 0 bridgehead atoms. The van der Waals surface area contributed by atoms with E-state index in [9.17, 15) is 18.6 Å². The lowest BCUT2D eigenvalue weighted by Crippen LogP contribution is -2.61. The SMILES string of the molecule is O=S(=O)(NCC1OC(CO)C(O)C1N1CCN(C2CCCCN2)CC1)C1CCCCC1. The number of ether oxygens (including phenoxy) is 1. The van der Waals surface area contributed by atoms with Crippen molar-refractivity contribution < 1.29 is 23.4 Å². The first kappa shape index (κ1) is 23.8. The lowest BCUT2D eigenvalue weighted by atomic mass is 10.0. The van der Waals surface area contributed by atoms with Crippen molar-refractivity contribution in [3.05, 3.63) is 0 Å². The average molecular weight is 461 g/mol. The number of sulfonamides is 1. The molecule has 3 heterocycles. The number of hydrogen-bond acceptors (Lipinski definition) is 8. The van der Waals surface area contributed by atoms with Crippen LogP contribution < -0.4 is 10.0 Å². The first-order chi connectivity index (χ1) is 15.0. The van der Waals surface area contributed by atoms with Gasteiger partial charge in [-0.05, 0) is 38.6 Å². The van der Waals surface area contributed by atoms with Crippen molar-refractivity contribution >= 4 is 10.0 Å². The van der Waals surface area contributed by atoms with Gasteiger partial charge in [0, 0.05) is 32.7 Å². The number of nitrogens with one attached hydrogen (secondary N) is 2. The van der Waals surface area contributed by atoms with Crippen molar-refractivity contribution in [2.24, 2.45) is 0 Å². The lowest BCUT2D eigenvalue weighted by Gasteiger charge is -2.44. The quantitative estimate of drug-likeness (QED) is 0.400. The Morgan fingerprint density at radius 2 is 1.61 bits per heavy atom. The molecule has 4 aliphatic rings. The summed E-state index contributed by atoms with van der Waals surface area (Å²) in [5, 5.41) is 23.8. The molecular weight excluding hydrogens is 420 g/mol. The molecule has 3 saturated heterocycles. The van der Waals surface area contributed by atoms with Crippen LogP contribution in [0.15, 0.2) is 0 Å². The normalized spacial score (nSPS) is 37.3. The molecule has 0 aromatic heterocycles. The van der Waals surface area contributed by atoms with E-state index in [0.717, 1.165) is 52.0 Å². The molecule has 0 aromatic rings. The standard InChI is InChI=1S/C21H40N4O5S/c26-15-18-21(27)20(25-12-10-24(11-13-25)19-8-4-5-9-22-19)17(30-18)14-23-31(28,29)16-6-2-1-3-7-16/h16-23,26-27H,1-15H2. The van der Waals surface area contributed by atoms with E-state index in [1.54, 1.807) is 0 Å². The minimum Gasteiger partial charge on any atom is -0.394 e. The molecule has 0 amide bonds. The zero-order valence-corrected chi connectivity index (χ0v) is 19.3. The Hall–Kier alpha value is -0.330. The highest BCUT2D eigenvalue weighted by atomic mass is 32.2. The van der Waals surface area contributed by atoms with Crippen molar-refractivity contribution in [1.29, 1.82) is 0 Å². The molecule has 31 heavy (non-hydrogen) atoms. The molecule has 9 nitrogen and oxygen atoms in total. The average Bonchev–Trinajstić information content (AvgIpc) is 3.14. The van der Waals surface area contributed by atoms with Crippen LogP contribution in [0.5, 0.6) is 0 Å². The Bertz CT molecular complexity index is 661. The molecule has 180 valence electrons. The molecule has 0 aromatic carbocycles. The van der Waals surface area contributed by atoms with Crippen LogP contribution in [0.1, 0.15) is 51.4 Å². The number of rotatable bonds is 7. The first-order valence-electron chi connectivity index (χ1n) is 12.1. The summed E-state index contributed by atoms with van der Waals surface area (Å²) >= 11 is 0. The largest absolute Gasteiger partial charge is 0.394 e. The van der Waals surface area contributed by atoms with Gasteiger partial charge in [-0.25, -0.2) is 13.1 Å². The van der Waals surface area contributed by atoms with Crippen LogP contribution in [0.2, 0.25) is 0 Å². The topological polar surface area (TPSA) is 114 Å². The lowest BCUT2D eigenvalue weighted by molar-refractivity contribution is -0.0201. The van der Waals surface area contributed by atoms with E-state index in [2.05, 4.69) is 19.8 Å². The highest BCUT2D eigenvalue weighted by molar-refractivity contribution is 7.90. The summed E-state index contributed by atoms with van der Waals surface area (Å²) in [6, 6.07) is -0.312. The van der Waals surface area contributed by atoms with Gasteiger partial charge in [0.05, 0.1) is 30.2 Å². The van der Waals surface area contributed by atoms with Crippen molar-refractivity contribution in [2.45, 2.75) is 87.1 Å². The number of piperidine rings is 1. The highest BCUT2D eigenvalue weighted by Gasteiger charge is 2.47. The molecule has 3 aliphatic heterocycles. The molecule has 0 spiro atoms. The maximum atomic E-state index is 12.8. The van der Waals surface area contributed by atoms with E-state index in [1.165, 1.54) is 19.3 Å². The molecule has 1 saturated carbocycles. The minimum absolute atomic E-state index is 0.140. The van der Waals surface area contributed by atoms with E-state index in [-0.39, 0.29) is 24.4 Å². The fourth-order valence-electron chi connectivity index (χ4n) is 5.78. The molecule has 4 N–H and O–H groups in total. The molecular formula is C21H40N4O5S. The maximum Gasteiger partial charge on any atom is 0.214 e. The second-order valence-electron chi connectivity index (χ2n) is 9.57. The predicted octanol–water partition coefficient (Wildman–Crippen LogP) is -0.555. The zero-order chi connectivity index (χ0) is 21.8. The number of nitrogens with zero attached hydrogens (tertiary/aromatic N) is 2. The molecule has 4 fully saturated rings. The molecule has 0 radical (unpaired) electrons. The third kappa shape index (κ3) is 5.60. The Morgan fingerprint density at radius 3 is 2.26 bits per heavy atom. The van der Waals surface area contributed by atoms with E-state index in [1.807, 2.05) is 0 Å². The van der Waals surface area contributed by atoms with E-state index >= 15 is 0 Å². The summed E-state index contributed by atoms with van der Waals surface area (Å²) < 4.78 is 34.2. The van der Waals surface area contributed by atoms with Gasteiger partial charge in [0.15, 0.2) is 0 Å². The molecule has 4 rings (SSSR count). The summed E-state index contributed by atoms with van der Waals surface area (Å²) in [5.74, 6) is 0. The number of aliphatic hydroxyl groups excluding tert-OH is 2. The maximum absolute atomic E-state index is 12.8. The van der Waals surface area contributed by atoms with Crippen LogP contribution >= 0.6 is 0 Å². The van der Waals surface area contributed by atoms with Gasteiger partial charge in [0.25, 0.3) is 0 Å². The Kier molecular flexibility index (Phi) is 8.24. The number of hydrogen-bond donors (Lipinski definition) is 4. The molecule has 10 heteroatoms. The second kappa shape index (κ2) is 10.7. The molecule has 5 atom stereocenters. The van der Waals surface area contributed by atoms with Gasteiger partial charge in [-0.2, -0.15) is 0 Å². The highest BCUT2D eigenvalue weighted by Crippen LogP contribution is 2.28. The molecule has 5 unspecified atom stereocenters. The summed E-state index contributed by atoms with van der Waals surface area (Å²) in [6.45, 7) is 4.36. The van der Waals surface area contributed by atoms with Gasteiger partial charge in [0.2, 0.25) is 10.0 Å². The van der Waals surface area contributed by atoms with Gasteiger partial charge in [-0.1, -0.05) is 19.3 Å².